The van der Waals surface area contributed by atoms with Gasteiger partial charge in [0.05, 0.1) is 18.6 Å². The molecule has 3 aliphatic rings. The summed E-state index contributed by atoms with van der Waals surface area (Å²) in [6.07, 6.45) is -5.79. The van der Waals surface area contributed by atoms with Crippen LogP contribution in [-0.4, -0.2) is 87.6 Å². The minimum absolute atomic E-state index is 0.0304. The molecular weight excluding hydrogens is 396 g/mol. The number of hydrogen-bond donors (Lipinski definition) is 5. The Morgan fingerprint density at radius 3 is 2.57 bits per heavy atom. The van der Waals surface area contributed by atoms with Crippen molar-refractivity contribution < 1.29 is 44.5 Å². The molecular formula is C21H32O9. The van der Waals surface area contributed by atoms with E-state index >= 15 is 0 Å². The molecule has 5 N–H and O–H groups in total. The van der Waals surface area contributed by atoms with Crippen LogP contribution in [0.3, 0.4) is 0 Å². The van der Waals surface area contributed by atoms with Gasteiger partial charge in [-0.3, -0.25) is 0 Å². The van der Waals surface area contributed by atoms with E-state index in [-0.39, 0.29) is 18.6 Å². The van der Waals surface area contributed by atoms with Gasteiger partial charge in [0.25, 0.3) is 0 Å². The summed E-state index contributed by atoms with van der Waals surface area (Å²) in [5.74, 6) is -0.828. The van der Waals surface area contributed by atoms with E-state index < -0.39 is 55.3 Å². The molecule has 2 aliphatic heterocycles. The average molecular weight is 428 g/mol. The van der Waals surface area contributed by atoms with Crippen molar-refractivity contribution in [1.82, 2.24) is 0 Å². The van der Waals surface area contributed by atoms with Crippen molar-refractivity contribution in [3.63, 3.8) is 0 Å². The van der Waals surface area contributed by atoms with Crippen LogP contribution in [-0.2, 0) is 19.0 Å². The number of carbonyl (C=O) groups excluding carboxylic acids is 1. The van der Waals surface area contributed by atoms with Crippen molar-refractivity contribution in [2.24, 2.45) is 11.8 Å². The highest BCUT2D eigenvalue weighted by molar-refractivity contribution is 5.91. The van der Waals surface area contributed by atoms with Gasteiger partial charge in [-0.1, -0.05) is 19.1 Å². The van der Waals surface area contributed by atoms with E-state index in [4.69, 9.17) is 14.2 Å². The molecule has 9 atom stereocenters. The number of rotatable bonds is 7. The molecule has 9 heteroatoms. The van der Waals surface area contributed by atoms with Crippen LogP contribution in [0.5, 0.6) is 0 Å². The molecule has 0 amide bonds. The Hall–Kier alpha value is -1.33. The second kappa shape index (κ2) is 9.44. The maximum Gasteiger partial charge on any atom is 0.334 e. The molecule has 2 saturated heterocycles. The Labute approximate surface area is 175 Å². The second-order valence-electron chi connectivity index (χ2n) is 8.49. The van der Waals surface area contributed by atoms with Crippen molar-refractivity contribution >= 4 is 5.97 Å². The van der Waals surface area contributed by atoms with Crippen LogP contribution in [0, 0.1) is 11.8 Å². The monoisotopic (exact) mass is 428 g/mol. The molecule has 2 heterocycles. The number of fused-ring (bicyclic) bond motifs is 1. The van der Waals surface area contributed by atoms with Gasteiger partial charge in [-0.05, 0) is 31.3 Å². The van der Waals surface area contributed by atoms with Gasteiger partial charge in [0.1, 0.15) is 30.5 Å². The molecule has 2 fully saturated rings. The zero-order valence-electron chi connectivity index (χ0n) is 17.3. The predicted molar refractivity (Wildman–Crippen MR) is 104 cm³/mol. The summed E-state index contributed by atoms with van der Waals surface area (Å²) in [6, 6.07) is 0. The van der Waals surface area contributed by atoms with Crippen LogP contribution in [0.15, 0.2) is 23.3 Å². The number of carbonyl (C=O) groups is 1. The third-order valence-corrected chi connectivity index (χ3v) is 6.43. The molecule has 0 aromatic carbocycles. The maximum absolute atomic E-state index is 11.8. The first kappa shape index (κ1) is 23.3. The molecule has 9 nitrogen and oxygen atoms in total. The summed E-state index contributed by atoms with van der Waals surface area (Å²) >= 11 is 0. The van der Waals surface area contributed by atoms with Crippen molar-refractivity contribution in [2.45, 2.75) is 76.0 Å². The number of esters is 1. The lowest BCUT2D eigenvalue weighted by Crippen LogP contribution is -2.59. The van der Waals surface area contributed by atoms with Gasteiger partial charge in [-0.15, -0.1) is 0 Å². The highest BCUT2D eigenvalue weighted by atomic mass is 16.7. The van der Waals surface area contributed by atoms with Gasteiger partial charge < -0.3 is 39.7 Å². The molecule has 1 aliphatic carbocycles. The Bertz CT molecular complexity index is 688. The first-order chi connectivity index (χ1) is 14.2. The van der Waals surface area contributed by atoms with E-state index in [2.05, 4.69) is 6.58 Å². The molecule has 0 aromatic rings. The van der Waals surface area contributed by atoms with Crippen LogP contribution < -0.4 is 0 Å². The van der Waals surface area contributed by atoms with Crippen molar-refractivity contribution in [3.05, 3.63) is 23.3 Å². The molecule has 0 aromatic heterocycles. The quantitative estimate of drug-likeness (QED) is 0.155. The highest BCUT2D eigenvalue weighted by Gasteiger charge is 2.48. The molecule has 30 heavy (non-hydrogen) atoms. The lowest BCUT2D eigenvalue weighted by Gasteiger charge is -2.39. The molecule has 170 valence electrons. The standard InChI is InChI=1S/C21H32O9/c1-9(14-10(2)7-12-15(17(14)24)11(3)20(27)29-12)5-4-6-28-21-19(26)18(25)16(23)13(8-22)30-21/h9,12-13,15-19,21-26H,3-8H2,1-2H3. The molecule has 0 spiro atoms. The Morgan fingerprint density at radius 1 is 1.20 bits per heavy atom. The average Bonchev–Trinajstić information content (AvgIpc) is 2.98. The smallest absolute Gasteiger partial charge is 0.334 e. The van der Waals surface area contributed by atoms with Crippen LogP contribution in [0.1, 0.15) is 33.1 Å². The van der Waals surface area contributed by atoms with E-state index in [0.717, 1.165) is 11.1 Å². The fourth-order valence-electron chi connectivity index (χ4n) is 4.74. The minimum atomic E-state index is -1.47. The number of hydrogen-bond acceptors (Lipinski definition) is 9. The SMILES string of the molecule is C=C1C(=O)OC2CC(C)=C(C(C)CCCOC3OC(CO)C(O)C(O)C3O)C(O)C12. The summed E-state index contributed by atoms with van der Waals surface area (Å²) in [6.45, 7) is 7.42. The molecule has 0 saturated carbocycles. The first-order valence-electron chi connectivity index (χ1n) is 10.4. The fraction of sp³-hybridized carbons (Fsp3) is 0.762. The number of aliphatic hydroxyl groups is 5. The number of aliphatic hydroxyl groups excluding tert-OH is 5. The summed E-state index contributed by atoms with van der Waals surface area (Å²) in [5, 5.41) is 49.7. The summed E-state index contributed by atoms with van der Waals surface area (Å²) in [7, 11) is 0. The third-order valence-electron chi connectivity index (χ3n) is 6.43. The molecule has 3 rings (SSSR count). The van der Waals surface area contributed by atoms with Crippen LogP contribution in [0.4, 0.5) is 0 Å². The Kier molecular flexibility index (Phi) is 7.34. The van der Waals surface area contributed by atoms with Crippen LogP contribution in [0.2, 0.25) is 0 Å². The summed E-state index contributed by atoms with van der Waals surface area (Å²) in [5.41, 5.74) is 2.22. The van der Waals surface area contributed by atoms with Crippen molar-refractivity contribution in [2.75, 3.05) is 13.2 Å². The second-order valence-corrected chi connectivity index (χ2v) is 8.49. The predicted octanol–water partition coefficient (Wildman–Crippen LogP) is -0.602. The van der Waals surface area contributed by atoms with Crippen molar-refractivity contribution in [3.8, 4) is 0 Å². The third kappa shape index (κ3) is 4.34. The first-order valence-corrected chi connectivity index (χ1v) is 10.4. The van der Waals surface area contributed by atoms with Crippen LogP contribution >= 0.6 is 0 Å². The van der Waals surface area contributed by atoms with E-state index in [1.807, 2.05) is 13.8 Å². The molecule has 0 bridgehead atoms. The number of ether oxygens (including phenoxy) is 3. The fourth-order valence-corrected chi connectivity index (χ4v) is 4.74. The molecule has 0 radical (unpaired) electrons. The lowest BCUT2D eigenvalue weighted by atomic mass is 9.73. The van der Waals surface area contributed by atoms with Gasteiger partial charge in [0.2, 0.25) is 0 Å². The minimum Gasteiger partial charge on any atom is -0.458 e. The van der Waals surface area contributed by atoms with Gasteiger partial charge in [0.15, 0.2) is 6.29 Å². The van der Waals surface area contributed by atoms with E-state index in [0.29, 0.717) is 24.8 Å². The van der Waals surface area contributed by atoms with Gasteiger partial charge in [-0.2, -0.15) is 0 Å². The van der Waals surface area contributed by atoms with Crippen molar-refractivity contribution in [1.29, 1.82) is 0 Å². The van der Waals surface area contributed by atoms with E-state index in [1.165, 1.54) is 0 Å². The highest BCUT2D eigenvalue weighted by Crippen LogP contribution is 2.43. The summed E-state index contributed by atoms with van der Waals surface area (Å²) in [4.78, 5) is 11.8. The Morgan fingerprint density at radius 2 is 1.90 bits per heavy atom. The Balaban J connectivity index is 1.52. The maximum atomic E-state index is 11.8. The largest absolute Gasteiger partial charge is 0.458 e. The van der Waals surface area contributed by atoms with Gasteiger partial charge in [0, 0.05) is 18.6 Å². The van der Waals surface area contributed by atoms with Gasteiger partial charge >= 0.3 is 5.97 Å². The molecule has 9 unspecified atom stereocenters. The normalized spacial score (nSPS) is 40.4. The zero-order valence-corrected chi connectivity index (χ0v) is 17.3. The summed E-state index contributed by atoms with van der Waals surface area (Å²) < 4.78 is 16.2. The topological polar surface area (TPSA) is 146 Å². The van der Waals surface area contributed by atoms with E-state index in [9.17, 15) is 30.3 Å². The van der Waals surface area contributed by atoms with Crippen LogP contribution in [0.25, 0.3) is 0 Å². The van der Waals surface area contributed by atoms with Gasteiger partial charge in [-0.25, -0.2) is 4.79 Å². The van der Waals surface area contributed by atoms with E-state index in [1.54, 1.807) is 0 Å². The zero-order chi connectivity index (χ0) is 22.2. The lowest BCUT2D eigenvalue weighted by molar-refractivity contribution is -0.301.